The summed E-state index contributed by atoms with van der Waals surface area (Å²) in [6, 6.07) is 5.44. The van der Waals surface area contributed by atoms with Crippen molar-refractivity contribution in [1.29, 1.82) is 0 Å². The monoisotopic (exact) mass is 258 g/mol. The van der Waals surface area contributed by atoms with Gasteiger partial charge in [-0.05, 0) is 18.2 Å². The minimum Gasteiger partial charge on any atom is -0.466 e. The van der Waals surface area contributed by atoms with Gasteiger partial charge in [0, 0.05) is 12.4 Å². The molecule has 3 rings (SSSR count). The van der Waals surface area contributed by atoms with E-state index >= 15 is 0 Å². The van der Waals surface area contributed by atoms with Crippen molar-refractivity contribution in [3.05, 3.63) is 42.6 Å². The predicted molar refractivity (Wildman–Crippen MR) is 64.4 cm³/mol. The second-order valence-electron chi connectivity index (χ2n) is 3.59. The molecular formula is C11H10N6O2. The van der Waals surface area contributed by atoms with Crippen LogP contribution in [0.15, 0.2) is 41.3 Å². The molecule has 8 nitrogen and oxygen atoms in total. The lowest BCUT2D eigenvalue weighted by molar-refractivity contribution is 0.249. The highest BCUT2D eigenvalue weighted by atomic mass is 16.5. The van der Waals surface area contributed by atoms with Crippen LogP contribution in [0.25, 0.3) is 5.95 Å². The summed E-state index contributed by atoms with van der Waals surface area (Å²) in [6.45, 7) is 0.217. The zero-order valence-corrected chi connectivity index (χ0v) is 9.80. The van der Waals surface area contributed by atoms with Crippen molar-refractivity contribution in [2.45, 2.75) is 6.61 Å². The average molecular weight is 258 g/mol. The van der Waals surface area contributed by atoms with Crippen LogP contribution in [-0.2, 0) is 6.61 Å². The number of anilines is 1. The maximum atomic E-state index is 5.61. The Morgan fingerprint density at radius 1 is 1.26 bits per heavy atom. The number of rotatable bonds is 4. The van der Waals surface area contributed by atoms with Gasteiger partial charge >= 0.3 is 6.01 Å². The summed E-state index contributed by atoms with van der Waals surface area (Å²) in [4.78, 5) is 12.0. The molecule has 3 aromatic rings. The van der Waals surface area contributed by atoms with E-state index in [1.54, 1.807) is 36.9 Å². The third-order valence-electron chi connectivity index (χ3n) is 2.25. The highest BCUT2D eigenvalue weighted by molar-refractivity contribution is 5.24. The van der Waals surface area contributed by atoms with E-state index in [4.69, 9.17) is 14.9 Å². The Balaban J connectivity index is 1.82. The van der Waals surface area contributed by atoms with E-state index in [0.717, 1.165) is 0 Å². The van der Waals surface area contributed by atoms with E-state index in [2.05, 4.69) is 20.1 Å². The molecule has 0 bridgehead atoms. The van der Waals surface area contributed by atoms with Crippen LogP contribution in [0.1, 0.15) is 5.76 Å². The van der Waals surface area contributed by atoms with E-state index in [1.807, 2.05) is 0 Å². The summed E-state index contributed by atoms with van der Waals surface area (Å²) < 4.78 is 12.0. The molecule has 0 aromatic carbocycles. The van der Waals surface area contributed by atoms with E-state index < -0.39 is 0 Å². The van der Waals surface area contributed by atoms with E-state index in [-0.39, 0.29) is 18.6 Å². The molecule has 3 aromatic heterocycles. The smallest absolute Gasteiger partial charge is 0.323 e. The molecule has 0 radical (unpaired) electrons. The lowest BCUT2D eigenvalue weighted by Crippen LogP contribution is -2.09. The molecule has 8 heteroatoms. The maximum absolute atomic E-state index is 5.61. The second kappa shape index (κ2) is 4.77. The van der Waals surface area contributed by atoms with Crippen LogP contribution >= 0.6 is 0 Å². The fourth-order valence-electron chi connectivity index (χ4n) is 1.45. The molecule has 0 aliphatic carbocycles. The number of nitrogens with zero attached hydrogens (tertiary/aromatic N) is 5. The van der Waals surface area contributed by atoms with Crippen molar-refractivity contribution in [1.82, 2.24) is 24.7 Å². The number of aromatic nitrogens is 5. The molecule has 0 saturated carbocycles. The summed E-state index contributed by atoms with van der Waals surface area (Å²) in [7, 11) is 0. The highest BCUT2D eigenvalue weighted by Crippen LogP contribution is 2.10. The lowest BCUT2D eigenvalue weighted by Gasteiger charge is -2.05. The molecule has 19 heavy (non-hydrogen) atoms. The van der Waals surface area contributed by atoms with E-state index in [0.29, 0.717) is 11.7 Å². The molecule has 0 atom stereocenters. The Kier molecular flexibility index (Phi) is 2.81. The summed E-state index contributed by atoms with van der Waals surface area (Å²) >= 11 is 0. The molecule has 3 heterocycles. The van der Waals surface area contributed by atoms with E-state index in [1.165, 1.54) is 4.68 Å². The summed E-state index contributed by atoms with van der Waals surface area (Å²) in [5.41, 5.74) is 5.61. The van der Waals surface area contributed by atoms with Crippen LogP contribution < -0.4 is 10.5 Å². The standard InChI is InChI=1S/C11H10N6O2/c12-9-14-10(17-5-2-4-13-17)16-11(15-9)19-7-8-3-1-6-18-8/h1-6H,7H2,(H2,12,14,15,16). The Labute approximate surface area is 107 Å². The van der Waals surface area contributed by atoms with Crippen molar-refractivity contribution >= 4 is 5.95 Å². The van der Waals surface area contributed by atoms with Crippen LogP contribution in [0.3, 0.4) is 0 Å². The molecule has 0 aliphatic heterocycles. The number of furan rings is 1. The SMILES string of the molecule is Nc1nc(OCc2ccco2)nc(-n2cccn2)n1. The van der Waals surface area contributed by atoms with Crippen LogP contribution in [0.2, 0.25) is 0 Å². The number of nitrogen functional groups attached to an aromatic ring is 1. The van der Waals surface area contributed by atoms with Gasteiger partial charge in [-0.1, -0.05) is 0 Å². The molecule has 0 aliphatic rings. The molecule has 0 fully saturated rings. The van der Waals surface area contributed by atoms with Gasteiger partial charge < -0.3 is 14.9 Å². The third-order valence-corrected chi connectivity index (χ3v) is 2.25. The van der Waals surface area contributed by atoms with Crippen LogP contribution in [0, 0.1) is 0 Å². The van der Waals surface area contributed by atoms with Gasteiger partial charge in [0.05, 0.1) is 6.26 Å². The minimum atomic E-state index is 0.0648. The third kappa shape index (κ3) is 2.51. The second-order valence-corrected chi connectivity index (χ2v) is 3.59. The van der Waals surface area contributed by atoms with Crippen molar-refractivity contribution in [3.63, 3.8) is 0 Å². The van der Waals surface area contributed by atoms with Crippen molar-refractivity contribution in [2.75, 3.05) is 5.73 Å². The normalized spacial score (nSPS) is 10.5. The van der Waals surface area contributed by atoms with Crippen molar-refractivity contribution < 1.29 is 9.15 Å². The molecule has 96 valence electrons. The maximum Gasteiger partial charge on any atom is 0.323 e. The van der Waals surface area contributed by atoms with Gasteiger partial charge in [0.25, 0.3) is 5.95 Å². The summed E-state index contributed by atoms with van der Waals surface area (Å²) in [6.07, 6.45) is 4.88. The molecule has 2 N–H and O–H groups in total. The zero-order chi connectivity index (χ0) is 13.1. The number of hydrogen-bond acceptors (Lipinski definition) is 7. The average Bonchev–Trinajstić information content (AvgIpc) is 3.09. The summed E-state index contributed by atoms with van der Waals surface area (Å²) in [5.74, 6) is 1.03. The topological polar surface area (TPSA) is 105 Å². The zero-order valence-electron chi connectivity index (χ0n) is 9.80. The van der Waals surface area contributed by atoms with Gasteiger partial charge in [0.15, 0.2) is 0 Å². The number of ether oxygens (including phenoxy) is 1. The van der Waals surface area contributed by atoms with Crippen LogP contribution in [0.4, 0.5) is 5.95 Å². The van der Waals surface area contributed by atoms with Crippen molar-refractivity contribution in [2.24, 2.45) is 0 Å². The molecule has 0 unspecified atom stereocenters. The molecule has 0 saturated heterocycles. The first-order chi connectivity index (χ1) is 9.31. The van der Waals surface area contributed by atoms with E-state index in [9.17, 15) is 0 Å². The Morgan fingerprint density at radius 2 is 2.21 bits per heavy atom. The molecule has 0 spiro atoms. The first kappa shape index (κ1) is 11.2. The lowest BCUT2D eigenvalue weighted by atomic mass is 10.5. The summed E-state index contributed by atoms with van der Waals surface area (Å²) in [5, 5.41) is 4.01. The first-order valence-electron chi connectivity index (χ1n) is 5.48. The van der Waals surface area contributed by atoms with Gasteiger partial charge in [-0.3, -0.25) is 0 Å². The Bertz CT molecular complexity index is 650. The van der Waals surface area contributed by atoms with Gasteiger partial charge in [0.2, 0.25) is 5.95 Å². The Hall–Kier alpha value is -2.90. The highest BCUT2D eigenvalue weighted by Gasteiger charge is 2.08. The van der Waals surface area contributed by atoms with Gasteiger partial charge in [-0.15, -0.1) is 0 Å². The van der Waals surface area contributed by atoms with Gasteiger partial charge in [-0.2, -0.15) is 20.1 Å². The fourth-order valence-corrected chi connectivity index (χ4v) is 1.45. The van der Waals surface area contributed by atoms with Crippen LogP contribution in [0.5, 0.6) is 6.01 Å². The molecule has 0 amide bonds. The predicted octanol–water partition coefficient (Wildman–Crippen LogP) is 0.811. The van der Waals surface area contributed by atoms with Gasteiger partial charge in [0.1, 0.15) is 12.4 Å². The van der Waals surface area contributed by atoms with Crippen molar-refractivity contribution in [3.8, 4) is 12.0 Å². The largest absolute Gasteiger partial charge is 0.466 e. The minimum absolute atomic E-state index is 0.0648. The first-order valence-corrected chi connectivity index (χ1v) is 5.48. The van der Waals surface area contributed by atoms with Crippen LogP contribution in [-0.4, -0.2) is 24.7 Å². The Morgan fingerprint density at radius 3 is 2.95 bits per heavy atom. The number of hydrogen-bond donors (Lipinski definition) is 1. The van der Waals surface area contributed by atoms with Gasteiger partial charge in [-0.25, -0.2) is 4.68 Å². The number of nitrogens with two attached hydrogens (primary N) is 1. The molecular weight excluding hydrogens is 248 g/mol. The quantitative estimate of drug-likeness (QED) is 0.738. The fraction of sp³-hybridized carbons (Fsp3) is 0.0909.